The van der Waals surface area contributed by atoms with Crippen LogP contribution in [0.1, 0.15) is 6.42 Å². The Morgan fingerprint density at radius 2 is 2.50 bits per heavy atom. The van der Waals surface area contributed by atoms with Crippen molar-refractivity contribution in [2.45, 2.75) is 17.2 Å². The van der Waals surface area contributed by atoms with Crippen LogP contribution in [0, 0.1) is 0 Å². The average Bonchev–Trinajstić information content (AvgIpc) is 2.62. The Bertz CT molecular complexity index is 192. The number of ether oxygens (including phenoxy) is 1. The lowest BCUT2D eigenvalue weighted by Gasteiger charge is -2.21. The molecule has 2 heterocycles. The smallest absolute Gasteiger partial charge is 0.323 e. The molecule has 0 spiro atoms. The normalized spacial score (nSPS) is 37.6. The first-order valence-electron chi connectivity index (χ1n) is 3.73. The van der Waals surface area contributed by atoms with Gasteiger partial charge in [0.1, 0.15) is 4.75 Å². The number of esters is 1. The first-order valence-corrected chi connectivity index (χ1v) is 4.71. The SMILES string of the molecule is COC(=O)[C@@]12CN[C@@H](CS1)C2.Cl. The van der Waals surface area contributed by atoms with E-state index in [4.69, 9.17) is 4.74 Å². The Morgan fingerprint density at radius 1 is 1.75 bits per heavy atom. The molecule has 2 atom stereocenters. The molecular weight excluding hydrogens is 198 g/mol. The van der Waals surface area contributed by atoms with Crippen LogP contribution in [0.5, 0.6) is 0 Å². The average molecular weight is 210 g/mol. The van der Waals surface area contributed by atoms with E-state index in [9.17, 15) is 4.79 Å². The zero-order valence-corrected chi connectivity index (χ0v) is 8.46. The lowest BCUT2D eigenvalue weighted by molar-refractivity contribution is -0.142. The first-order chi connectivity index (χ1) is 5.27. The van der Waals surface area contributed by atoms with Gasteiger partial charge in [0.05, 0.1) is 7.11 Å². The lowest BCUT2D eigenvalue weighted by Crippen LogP contribution is -2.40. The van der Waals surface area contributed by atoms with Gasteiger partial charge in [-0.05, 0) is 6.42 Å². The monoisotopic (exact) mass is 209 g/mol. The fourth-order valence-corrected chi connectivity index (χ4v) is 3.20. The predicted octanol–water partition coefficient (Wildman–Crippen LogP) is 0.429. The molecule has 0 aromatic rings. The third-order valence-electron chi connectivity index (χ3n) is 2.37. The number of rotatable bonds is 1. The minimum Gasteiger partial charge on any atom is -0.468 e. The van der Waals surface area contributed by atoms with Gasteiger partial charge in [0, 0.05) is 18.3 Å². The van der Waals surface area contributed by atoms with Crippen LogP contribution in [0.15, 0.2) is 0 Å². The van der Waals surface area contributed by atoms with Crippen molar-refractivity contribution < 1.29 is 9.53 Å². The Labute approximate surface area is 82.0 Å². The molecule has 0 radical (unpaired) electrons. The molecule has 2 aliphatic heterocycles. The third kappa shape index (κ3) is 1.32. The van der Waals surface area contributed by atoms with Crippen LogP contribution in [0.4, 0.5) is 0 Å². The fourth-order valence-electron chi connectivity index (χ4n) is 1.74. The first kappa shape index (κ1) is 10.2. The topological polar surface area (TPSA) is 38.3 Å². The van der Waals surface area contributed by atoms with Crippen molar-refractivity contribution >= 4 is 30.1 Å². The number of hydrogen-bond donors (Lipinski definition) is 1. The van der Waals surface area contributed by atoms with Gasteiger partial charge in [0.15, 0.2) is 0 Å². The molecule has 2 bridgehead atoms. The quantitative estimate of drug-likeness (QED) is 0.636. The third-order valence-corrected chi connectivity index (χ3v) is 3.97. The largest absolute Gasteiger partial charge is 0.468 e. The molecule has 0 unspecified atom stereocenters. The van der Waals surface area contributed by atoms with Gasteiger partial charge < -0.3 is 10.1 Å². The highest BCUT2D eigenvalue weighted by molar-refractivity contribution is 8.01. The van der Waals surface area contributed by atoms with Gasteiger partial charge in [0.2, 0.25) is 0 Å². The summed E-state index contributed by atoms with van der Waals surface area (Å²) in [4.78, 5) is 11.3. The second-order valence-corrected chi connectivity index (χ2v) is 4.48. The van der Waals surface area contributed by atoms with E-state index in [-0.39, 0.29) is 23.1 Å². The van der Waals surface area contributed by atoms with Gasteiger partial charge in [-0.3, -0.25) is 4.79 Å². The Balaban J connectivity index is 0.000000720. The summed E-state index contributed by atoms with van der Waals surface area (Å²) in [5, 5.41) is 3.29. The Kier molecular flexibility index (Phi) is 2.91. The molecule has 2 rings (SSSR count). The number of nitrogens with one attached hydrogen (secondary N) is 1. The number of carbonyl (C=O) groups is 1. The van der Waals surface area contributed by atoms with Crippen molar-refractivity contribution in [2.75, 3.05) is 19.4 Å². The Hall–Kier alpha value is 0.0700. The van der Waals surface area contributed by atoms with Crippen LogP contribution in [-0.2, 0) is 9.53 Å². The zero-order valence-electron chi connectivity index (χ0n) is 6.83. The highest BCUT2D eigenvalue weighted by Gasteiger charge is 2.51. The van der Waals surface area contributed by atoms with Crippen LogP contribution in [0.2, 0.25) is 0 Å². The highest BCUT2D eigenvalue weighted by Crippen LogP contribution is 2.43. The van der Waals surface area contributed by atoms with Crippen molar-refractivity contribution in [1.82, 2.24) is 5.32 Å². The van der Waals surface area contributed by atoms with E-state index >= 15 is 0 Å². The molecule has 5 heteroatoms. The summed E-state index contributed by atoms with van der Waals surface area (Å²) < 4.78 is 4.52. The molecule has 2 aliphatic rings. The second kappa shape index (κ2) is 3.44. The van der Waals surface area contributed by atoms with E-state index in [0.29, 0.717) is 6.04 Å². The summed E-state index contributed by atoms with van der Waals surface area (Å²) in [7, 11) is 1.46. The molecule has 2 saturated heterocycles. The van der Waals surface area contributed by atoms with Crippen LogP contribution in [-0.4, -0.2) is 36.2 Å². The number of hydrogen-bond acceptors (Lipinski definition) is 4. The molecule has 0 aromatic carbocycles. The maximum Gasteiger partial charge on any atom is 0.323 e. The molecule has 0 saturated carbocycles. The van der Waals surface area contributed by atoms with Crippen LogP contribution >= 0.6 is 24.2 Å². The highest BCUT2D eigenvalue weighted by atomic mass is 35.5. The van der Waals surface area contributed by atoms with E-state index in [1.807, 2.05) is 0 Å². The molecule has 0 amide bonds. The number of carbonyl (C=O) groups excluding carboxylic acids is 1. The second-order valence-electron chi connectivity index (χ2n) is 3.08. The number of fused-ring (bicyclic) bond motifs is 2. The predicted molar refractivity (Wildman–Crippen MR) is 50.9 cm³/mol. The van der Waals surface area contributed by atoms with E-state index in [1.165, 1.54) is 7.11 Å². The summed E-state index contributed by atoms with van der Waals surface area (Å²) in [6.45, 7) is 0.787. The van der Waals surface area contributed by atoms with Crippen molar-refractivity contribution in [1.29, 1.82) is 0 Å². The number of thioether (sulfide) groups is 1. The maximum absolute atomic E-state index is 11.3. The molecule has 70 valence electrons. The summed E-state index contributed by atoms with van der Waals surface area (Å²) in [6, 6.07) is 0.541. The Morgan fingerprint density at radius 3 is 2.83 bits per heavy atom. The molecule has 1 N–H and O–H groups in total. The van der Waals surface area contributed by atoms with Gasteiger partial charge >= 0.3 is 5.97 Å². The zero-order chi connectivity index (χ0) is 7.90. The molecule has 12 heavy (non-hydrogen) atoms. The van der Waals surface area contributed by atoms with Gasteiger partial charge in [-0.25, -0.2) is 0 Å². The molecule has 0 aliphatic carbocycles. The van der Waals surface area contributed by atoms with Crippen molar-refractivity contribution in [2.24, 2.45) is 0 Å². The number of halogens is 1. The molecule has 0 aromatic heterocycles. The minimum atomic E-state index is -0.237. The van der Waals surface area contributed by atoms with Crippen LogP contribution in [0.3, 0.4) is 0 Å². The van der Waals surface area contributed by atoms with E-state index in [1.54, 1.807) is 11.8 Å². The van der Waals surface area contributed by atoms with Gasteiger partial charge in [-0.1, -0.05) is 0 Å². The van der Waals surface area contributed by atoms with E-state index < -0.39 is 0 Å². The summed E-state index contributed by atoms with van der Waals surface area (Å²) in [5.74, 6) is 0.991. The van der Waals surface area contributed by atoms with E-state index in [0.717, 1.165) is 18.7 Å². The van der Waals surface area contributed by atoms with Gasteiger partial charge in [-0.15, -0.1) is 24.2 Å². The summed E-state index contributed by atoms with van der Waals surface area (Å²) >= 11 is 1.74. The fraction of sp³-hybridized carbons (Fsp3) is 0.857. The number of methoxy groups -OCH3 is 1. The van der Waals surface area contributed by atoms with Gasteiger partial charge in [0.25, 0.3) is 0 Å². The molecule has 3 nitrogen and oxygen atoms in total. The molecule has 2 fully saturated rings. The van der Waals surface area contributed by atoms with Crippen LogP contribution < -0.4 is 5.32 Å². The van der Waals surface area contributed by atoms with Crippen molar-refractivity contribution in [3.05, 3.63) is 0 Å². The van der Waals surface area contributed by atoms with Crippen molar-refractivity contribution in [3.8, 4) is 0 Å². The maximum atomic E-state index is 11.3. The van der Waals surface area contributed by atoms with Crippen molar-refractivity contribution in [3.63, 3.8) is 0 Å². The molecular formula is C7H12ClNO2S. The summed E-state index contributed by atoms with van der Waals surface area (Å²) in [5.41, 5.74) is 0. The van der Waals surface area contributed by atoms with Gasteiger partial charge in [-0.2, -0.15) is 0 Å². The van der Waals surface area contributed by atoms with Crippen LogP contribution in [0.25, 0.3) is 0 Å². The van der Waals surface area contributed by atoms with E-state index in [2.05, 4.69) is 5.32 Å². The standard InChI is InChI=1S/C7H11NO2S.ClH/c1-10-6(9)7-2-5(3-11-7)8-4-7;/h5,8H,2-4H2,1H3;1H/t5-,7-;/m1./s1. The minimum absolute atomic E-state index is 0. The lowest BCUT2D eigenvalue weighted by atomic mass is 10.1. The summed E-state index contributed by atoms with van der Waals surface area (Å²) in [6.07, 6.45) is 0.949.